The minimum absolute atomic E-state index is 0.152. The Morgan fingerprint density at radius 2 is 2.35 bits per heavy atom. The van der Waals surface area contributed by atoms with Gasteiger partial charge in [0, 0.05) is 30.7 Å². The Bertz CT molecular complexity index is 384. The summed E-state index contributed by atoms with van der Waals surface area (Å²) in [6, 6.07) is 5.25. The molecule has 0 aliphatic carbocycles. The van der Waals surface area contributed by atoms with Crippen molar-refractivity contribution in [2.75, 3.05) is 26.7 Å². The molecule has 0 aromatic heterocycles. The molecule has 1 heterocycles. The van der Waals surface area contributed by atoms with Gasteiger partial charge < -0.3 is 10.2 Å². The predicted octanol–water partition coefficient (Wildman–Crippen LogP) is 2.32. The summed E-state index contributed by atoms with van der Waals surface area (Å²) in [4.78, 5) is 2.33. The first-order valence-electron chi connectivity index (χ1n) is 6.01. The van der Waals surface area contributed by atoms with Crippen molar-refractivity contribution in [1.29, 1.82) is 0 Å². The number of likely N-dealkylation sites (N-methyl/N-ethyl adjacent to an activating group) is 1. The van der Waals surface area contributed by atoms with E-state index >= 15 is 0 Å². The maximum Gasteiger partial charge on any atom is 0.126 e. The molecule has 0 saturated carbocycles. The van der Waals surface area contributed by atoms with Crippen molar-refractivity contribution in [3.05, 3.63) is 34.6 Å². The van der Waals surface area contributed by atoms with Crippen LogP contribution in [0.2, 0.25) is 5.02 Å². The largest absolute Gasteiger partial charge is 0.314 e. The van der Waals surface area contributed by atoms with Gasteiger partial charge in [0.05, 0.1) is 0 Å². The minimum atomic E-state index is -0.152. The van der Waals surface area contributed by atoms with Crippen molar-refractivity contribution >= 4 is 11.6 Å². The molecule has 1 aromatic rings. The van der Waals surface area contributed by atoms with E-state index < -0.39 is 0 Å². The number of nitrogens with zero attached hydrogens (tertiary/aromatic N) is 1. The lowest BCUT2D eigenvalue weighted by molar-refractivity contribution is 0.190. The predicted molar refractivity (Wildman–Crippen MR) is 69.0 cm³/mol. The molecule has 0 radical (unpaired) electrons. The highest BCUT2D eigenvalue weighted by Gasteiger charge is 2.18. The van der Waals surface area contributed by atoms with Crippen LogP contribution >= 0.6 is 11.6 Å². The Morgan fingerprint density at radius 1 is 1.53 bits per heavy atom. The van der Waals surface area contributed by atoms with Gasteiger partial charge in [0.15, 0.2) is 0 Å². The number of hydrogen-bond acceptors (Lipinski definition) is 2. The molecule has 1 aliphatic heterocycles. The van der Waals surface area contributed by atoms with Crippen LogP contribution in [-0.2, 0) is 6.42 Å². The van der Waals surface area contributed by atoms with Crippen molar-refractivity contribution < 1.29 is 4.39 Å². The first-order valence-corrected chi connectivity index (χ1v) is 6.39. The summed E-state index contributed by atoms with van der Waals surface area (Å²) in [6.45, 7) is 3.08. The van der Waals surface area contributed by atoms with E-state index in [1.165, 1.54) is 6.07 Å². The number of piperazine rings is 1. The second-order valence-corrected chi connectivity index (χ2v) is 5.05. The number of rotatable bonds is 3. The van der Waals surface area contributed by atoms with E-state index in [4.69, 9.17) is 11.6 Å². The summed E-state index contributed by atoms with van der Waals surface area (Å²) in [5, 5.41) is 3.97. The van der Waals surface area contributed by atoms with Crippen LogP contribution in [0.25, 0.3) is 0 Å². The molecule has 0 amide bonds. The highest BCUT2D eigenvalue weighted by atomic mass is 35.5. The molecule has 0 bridgehead atoms. The Kier molecular flexibility index (Phi) is 4.37. The number of nitrogens with one attached hydrogen (secondary N) is 1. The number of hydrogen-bond donors (Lipinski definition) is 1. The second-order valence-electron chi connectivity index (χ2n) is 4.61. The minimum Gasteiger partial charge on any atom is -0.314 e. The fraction of sp³-hybridized carbons (Fsp3) is 0.538. The lowest BCUT2D eigenvalue weighted by atomic mass is 10.0. The monoisotopic (exact) mass is 256 g/mol. The average Bonchev–Trinajstić information content (AvgIpc) is 2.32. The molecule has 1 atom stereocenters. The first kappa shape index (κ1) is 12.8. The molecular formula is C13H18ClFN2. The summed E-state index contributed by atoms with van der Waals surface area (Å²) in [5.41, 5.74) is 0.719. The topological polar surface area (TPSA) is 15.3 Å². The molecular weight excluding hydrogens is 239 g/mol. The van der Waals surface area contributed by atoms with Crippen molar-refractivity contribution in [2.24, 2.45) is 0 Å². The summed E-state index contributed by atoms with van der Waals surface area (Å²) in [5.74, 6) is -0.152. The fourth-order valence-electron chi connectivity index (χ4n) is 2.24. The molecule has 4 heteroatoms. The van der Waals surface area contributed by atoms with Crippen LogP contribution in [0.5, 0.6) is 0 Å². The van der Waals surface area contributed by atoms with Crippen molar-refractivity contribution in [3.63, 3.8) is 0 Å². The van der Waals surface area contributed by atoms with Crippen LogP contribution in [0.3, 0.4) is 0 Å². The van der Waals surface area contributed by atoms with E-state index in [-0.39, 0.29) is 5.82 Å². The van der Waals surface area contributed by atoms with Gasteiger partial charge >= 0.3 is 0 Å². The zero-order valence-electron chi connectivity index (χ0n) is 10.0. The van der Waals surface area contributed by atoms with Gasteiger partial charge in [-0.15, -0.1) is 0 Å². The van der Waals surface area contributed by atoms with Gasteiger partial charge in [-0.2, -0.15) is 0 Å². The van der Waals surface area contributed by atoms with E-state index in [9.17, 15) is 4.39 Å². The van der Waals surface area contributed by atoms with Crippen LogP contribution in [0.4, 0.5) is 4.39 Å². The van der Waals surface area contributed by atoms with Gasteiger partial charge in [0.25, 0.3) is 0 Å². The van der Waals surface area contributed by atoms with Gasteiger partial charge in [-0.3, -0.25) is 0 Å². The van der Waals surface area contributed by atoms with E-state index in [1.807, 2.05) is 0 Å². The summed E-state index contributed by atoms with van der Waals surface area (Å²) in [6.07, 6.45) is 1.70. The van der Waals surface area contributed by atoms with Crippen molar-refractivity contribution in [3.8, 4) is 0 Å². The smallest absolute Gasteiger partial charge is 0.126 e. The molecule has 2 nitrogen and oxygen atoms in total. The van der Waals surface area contributed by atoms with Crippen LogP contribution < -0.4 is 5.32 Å². The van der Waals surface area contributed by atoms with E-state index in [0.29, 0.717) is 11.1 Å². The molecule has 1 saturated heterocycles. The molecule has 17 heavy (non-hydrogen) atoms. The highest BCUT2D eigenvalue weighted by molar-refractivity contribution is 6.30. The van der Waals surface area contributed by atoms with Crippen LogP contribution in [0.1, 0.15) is 12.0 Å². The molecule has 2 rings (SSSR count). The van der Waals surface area contributed by atoms with Crippen LogP contribution in [-0.4, -0.2) is 37.6 Å². The Hall–Kier alpha value is -0.640. The van der Waals surface area contributed by atoms with Gasteiger partial charge in [0.2, 0.25) is 0 Å². The van der Waals surface area contributed by atoms with Crippen molar-refractivity contribution in [2.45, 2.75) is 18.9 Å². The Morgan fingerprint density at radius 3 is 3.12 bits per heavy atom. The number of aryl methyl sites for hydroxylation is 1. The van der Waals surface area contributed by atoms with Gasteiger partial charge in [0.1, 0.15) is 5.82 Å². The zero-order chi connectivity index (χ0) is 12.3. The number of halogens is 2. The summed E-state index contributed by atoms with van der Waals surface area (Å²) >= 11 is 5.88. The van der Waals surface area contributed by atoms with Crippen LogP contribution in [0, 0.1) is 5.82 Å². The quantitative estimate of drug-likeness (QED) is 0.893. The summed E-state index contributed by atoms with van der Waals surface area (Å²) < 4.78 is 13.5. The second kappa shape index (κ2) is 5.80. The summed E-state index contributed by atoms with van der Waals surface area (Å²) in [7, 11) is 2.12. The zero-order valence-corrected chi connectivity index (χ0v) is 10.8. The lowest BCUT2D eigenvalue weighted by Crippen LogP contribution is -2.49. The molecule has 94 valence electrons. The van der Waals surface area contributed by atoms with Crippen LogP contribution in [0.15, 0.2) is 18.2 Å². The lowest BCUT2D eigenvalue weighted by Gasteiger charge is -2.33. The van der Waals surface area contributed by atoms with Gasteiger partial charge in [-0.25, -0.2) is 4.39 Å². The molecule has 0 spiro atoms. The molecule has 1 aliphatic rings. The average molecular weight is 257 g/mol. The standard InChI is InChI=1S/C13H18ClFN2/c1-17-7-6-16-9-12(17)4-2-10-8-11(14)3-5-13(10)15/h3,5,8,12,16H,2,4,6-7,9H2,1H3. The molecule has 1 aromatic carbocycles. The van der Waals surface area contributed by atoms with Crippen molar-refractivity contribution in [1.82, 2.24) is 10.2 Å². The van der Waals surface area contributed by atoms with E-state index in [0.717, 1.165) is 38.0 Å². The SMILES string of the molecule is CN1CCNCC1CCc1cc(Cl)ccc1F. The number of benzene rings is 1. The third kappa shape index (κ3) is 3.41. The third-order valence-corrected chi connectivity index (χ3v) is 3.63. The Labute approximate surface area is 107 Å². The van der Waals surface area contributed by atoms with E-state index in [1.54, 1.807) is 12.1 Å². The third-order valence-electron chi connectivity index (χ3n) is 3.40. The Balaban J connectivity index is 1.94. The normalized spacial score (nSPS) is 21.7. The fourth-order valence-corrected chi connectivity index (χ4v) is 2.44. The molecule has 1 fully saturated rings. The maximum atomic E-state index is 13.5. The molecule has 1 N–H and O–H groups in total. The maximum absolute atomic E-state index is 13.5. The van der Waals surface area contributed by atoms with Gasteiger partial charge in [-0.1, -0.05) is 11.6 Å². The first-order chi connectivity index (χ1) is 8.16. The molecule has 1 unspecified atom stereocenters. The van der Waals surface area contributed by atoms with Gasteiger partial charge in [-0.05, 0) is 43.7 Å². The van der Waals surface area contributed by atoms with E-state index in [2.05, 4.69) is 17.3 Å². The highest BCUT2D eigenvalue weighted by Crippen LogP contribution is 2.18.